The van der Waals surface area contributed by atoms with Gasteiger partial charge in [0.25, 0.3) is 0 Å². The fourth-order valence-electron chi connectivity index (χ4n) is 1.85. The van der Waals surface area contributed by atoms with Crippen LogP contribution in [0.4, 0.5) is 10.1 Å². The molecular weight excluding hydrogens is 307 g/mol. The van der Waals surface area contributed by atoms with Gasteiger partial charge in [-0.1, -0.05) is 30.3 Å². The molecule has 7 heteroatoms. The molecule has 22 heavy (non-hydrogen) atoms. The molecule has 116 valence electrons. The number of hydrogen-bond acceptors (Lipinski definition) is 3. The first-order chi connectivity index (χ1) is 10.4. The van der Waals surface area contributed by atoms with Crippen LogP contribution in [0.5, 0.6) is 0 Å². The van der Waals surface area contributed by atoms with E-state index in [0.29, 0.717) is 5.56 Å². The molecule has 0 aliphatic rings. The van der Waals surface area contributed by atoms with Crippen LogP contribution in [-0.2, 0) is 14.8 Å². The highest BCUT2D eigenvalue weighted by molar-refractivity contribution is 7.89. The number of sulfonamides is 1. The topological polar surface area (TPSA) is 75.3 Å². The van der Waals surface area contributed by atoms with Crippen LogP contribution in [0.25, 0.3) is 0 Å². The molecule has 0 unspecified atom stereocenters. The lowest BCUT2D eigenvalue weighted by Gasteiger charge is -2.10. The minimum atomic E-state index is -3.79. The van der Waals surface area contributed by atoms with Crippen molar-refractivity contribution in [2.45, 2.75) is 11.8 Å². The lowest BCUT2D eigenvalue weighted by atomic mass is 10.2. The van der Waals surface area contributed by atoms with Crippen molar-refractivity contribution in [3.63, 3.8) is 0 Å². The van der Waals surface area contributed by atoms with Crippen LogP contribution in [0.1, 0.15) is 5.56 Å². The number of hydrogen-bond donors (Lipinski definition) is 2. The summed E-state index contributed by atoms with van der Waals surface area (Å²) in [5.74, 6) is -1.24. The van der Waals surface area contributed by atoms with Crippen molar-refractivity contribution < 1.29 is 17.6 Å². The van der Waals surface area contributed by atoms with E-state index in [-0.39, 0.29) is 10.6 Å². The Balaban J connectivity index is 2.02. The molecule has 5 nitrogen and oxygen atoms in total. The molecule has 2 N–H and O–H groups in total. The number of benzene rings is 2. The van der Waals surface area contributed by atoms with Crippen molar-refractivity contribution >= 4 is 21.6 Å². The molecule has 2 aromatic rings. The number of carbonyl (C=O) groups excluding carboxylic acids is 1. The summed E-state index contributed by atoms with van der Waals surface area (Å²) in [6, 6.07) is 12.1. The summed E-state index contributed by atoms with van der Waals surface area (Å²) in [5, 5.41) is 2.31. The molecule has 0 saturated heterocycles. The summed E-state index contributed by atoms with van der Waals surface area (Å²) in [5.41, 5.74) is 0.576. The molecule has 0 radical (unpaired) electrons. The minimum Gasteiger partial charge on any atom is -0.322 e. The third-order valence-corrected chi connectivity index (χ3v) is 4.52. The van der Waals surface area contributed by atoms with Crippen LogP contribution in [0, 0.1) is 12.7 Å². The van der Waals surface area contributed by atoms with Crippen molar-refractivity contribution in [1.82, 2.24) is 4.72 Å². The smallest absolute Gasteiger partial charge is 0.241 e. The van der Waals surface area contributed by atoms with E-state index in [1.165, 1.54) is 24.3 Å². The Hall–Kier alpha value is -2.25. The Kier molecular flexibility index (Phi) is 4.89. The number of halogens is 1. The fourth-order valence-corrected chi connectivity index (χ4v) is 3.08. The van der Waals surface area contributed by atoms with Gasteiger partial charge in [-0.25, -0.2) is 17.5 Å². The second-order valence-corrected chi connectivity index (χ2v) is 6.35. The molecule has 2 aromatic carbocycles. The van der Waals surface area contributed by atoms with Crippen LogP contribution in [0.2, 0.25) is 0 Å². The van der Waals surface area contributed by atoms with Crippen molar-refractivity contribution in [3.05, 3.63) is 59.9 Å². The van der Waals surface area contributed by atoms with E-state index in [4.69, 9.17) is 0 Å². The minimum absolute atomic E-state index is 0.00240. The van der Waals surface area contributed by atoms with Gasteiger partial charge in [-0.05, 0) is 30.7 Å². The van der Waals surface area contributed by atoms with Crippen molar-refractivity contribution in [1.29, 1.82) is 0 Å². The van der Waals surface area contributed by atoms with Gasteiger partial charge in [0.1, 0.15) is 5.82 Å². The molecule has 1 amide bonds. The van der Waals surface area contributed by atoms with Gasteiger partial charge >= 0.3 is 0 Å². The Morgan fingerprint density at radius 3 is 2.41 bits per heavy atom. The average Bonchev–Trinajstić information content (AvgIpc) is 2.48. The second-order valence-electron chi connectivity index (χ2n) is 4.62. The standard InChI is InChI=1S/C15H15FN2O3S/c1-11-6-2-5-9-14(11)22(20,21)17-10-15(19)18-13-8-4-3-7-12(13)16/h2-9,17H,10H2,1H3,(H,18,19). The summed E-state index contributed by atoms with van der Waals surface area (Å²) < 4.78 is 39.8. The van der Waals surface area contributed by atoms with E-state index in [1.807, 2.05) is 0 Å². The maximum Gasteiger partial charge on any atom is 0.241 e. The quantitative estimate of drug-likeness (QED) is 0.884. The van der Waals surface area contributed by atoms with Gasteiger partial charge in [-0.15, -0.1) is 0 Å². The highest BCUT2D eigenvalue weighted by Crippen LogP contribution is 2.14. The van der Waals surface area contributed by atoms with Gasteiger partial charge in [-0.3, -0.25) is 4.79 Å². The normalized spacial score (nSPS) is 11.2. The van der Waals surface area contributed by atoms with Gasteiger partial charge in [0.05, 0.1) is 17.1 Å². The van der Waals surface area contributed by atoms with E-state index in [9.17, 15) is 17.6 Å². The number of aryl methyl sites for hydroxylation is 1. The van der Waals surface area contributed by atoms with Gasteiger partial charge < -0.3 is 5.32 Å². The zero-order valence-electron chi connectivity index (χ0n) is 11.8. The molecule has 0 bridgehead atoms. The first kappa shape index (κ1) is 16.1. The number of amides is 1. The summed E-state index contributed by atoms with van der Waals surface area (Å²) in [7, 11) is -3.79. The molecule has 0 spiro atoms. The molecular formula is C15H15FN2O3S. The van der Waals surface area contributed by atoms with Crippen molar-refractivity contribution in [2.24, 2.45) is 0 Å². The van der Waals surface area contributed by atoms with Crippen LogP contribution in [0.15, 0.2) is 53.4 Å². The lowest BCUT2D eigenvalue weighted by molar-refractivity contribution is -0.115. The Morgan fingerprint density at radius 1 is 1.09 bits per heavy atom. The molecule has 0 fully saturated rings. The van der Waals surface area contributed by atoms with Crippen LogP contribution in [0.3, 0.4) is 0 Å². The lowest BCUT2D eigenvalue weighted by Crippen LogP contribution is -2.33. The summed E-state index contributed by atoms with van der Waals surface area (Å²) in [6.07, 6.45) is 0. The highest BCUT2D eigenvalue weighted by Gasteiger charge is 2.17. The Bertz CT molecular complexity index is 791. The van der Waals surface area contributed by atoms with Crippen molar-refractivity contribution in [3.8, 4) is 0 Å². The Morgan fingerprint density at radius 2 is 1.73 bits per heavy atom. The van der Waals surface area contributed by atoms with Crippen LogP contribution < -0.4 is 10.0 Å². The molecule has 2 rings (SSSR count). The van der Waals surface area contributed by atoms with E-state index < -0.39 is 28.3 Å². The number of rotatable bonds is 5. The van der Waals surface area contributed by atoms with Gasteiger partial charge in [0, 0.05) is 0 Å². The van der Waals surface area contributed by atoms with E-state index in [1.54, 1.807) is 31.2 Å². The van der Waals surface area contributed by atoms with Crippen LogP contribution >= 0.6 is 0 Å². The Labute approximate surface area is 128 Å². The molecule has 0 heterocycles. The van der Waals surface area contributed by atoms with Gasteiger partial charge in [0.2, 0.25) is 15.9 Å². The predicted molar refractivity (Wildman–Crippen MR) is 81.4 cm³/mol. The number of para-hydroxylation sites is 1. The maximum absolute atomic E-state index is 13.4. The largest absolute Gasteiger partial charge is 0.322 e. The summed E-state index contributed by atoms with van der Waals surface area (Å²) >= 11 is 0. The fraction of sp³-hybridized carbons (Fsp3) is 0.133. The zero-order valence-corrected chi connectivity index (χ0v) is 12.7. The third-order valence-electron chi connectivity index (χ3n) is 2.95. The molecule has 0 aliphatic carbocycles. The van der Waals surface area contributed by atoms with Crippen LogP contribution in [-0.4, -0.2) is 20.9 Å². The van der Waals surface area contributed by atoms with Gasteiger partial charge in [-0.2, -0.15) is 0 Å². The first-order valence-electron chi connectivity index (χ1n) is 6.50. The summed E-state index contributed by atoms with van der Waals surface area (Å²) in [4.78, 5) is 11.8. The highest BCUT2D eigenvalue weighted by atomic mass is 32.2. The number of nitrogens with one attached hydrogen (secondary N) is 2. The van der Waals surface area contributed by atoms with Gasteiger partial charge in [0.15, 0.2) is 0 Å². The molecule has 0 atom stereocenters. The number of carbonyl (C=O) groups is 1. The molecule has 0 aromatic heterocycles. The SMILES string of the molecule is Cc1ccccc1S(=O)(=O)NCC(=O)Nc1ccccc1F. The van der Waals surface area contributed by atoms with E-state index in [2.05, 4.69) is 10.0 Å². The molecule has 0 aliphatic heterocycles. The predicted octanol–water partition coefficient (Wildman–Crippen LogP) is 2.05. The summed E-state index contributed by atoms with van der Waals surface area (Å²) in [6.45, 7) is 1.18. The third kappa shape index (κ3) is 3.90. The average molecular weight is 322 g/mol. The van der Waals surface area contributed by atoms with E-state index >= 15 is 0 Å². The molecule has 0 saturated carbocycles. The monoisotopic (exact) mass is 322 g/mol. The first-order valence-corrected chi connectivity index (χ1v) is 7.98. The van der Waals surface area contributed by atoms with Crippen molar-refractivity contribution in [2.75, 3.05) is 11.9 Å². The van der Waals surface area contributed by atoms with E-state index in [0.717, 1.165) is 0 Å². The maximum atomic E-state index is 13.4. The zero-order chi connectivity index (χ0) is 16.2. The second kappa shape index (κ2) is 6.67. The number of anilines is 1.